The van der Waals surface area contributed by atoms with Gasteiger partial charge in [-0.25, -0.2) is 4.39 Å². The molecule has 1 aromatic heterocycles. The molecule has 7 nitrogen and oxygen atoms in total. The van der Waals surface area contributed by atoms with E-state index in [0.29, 0.717) is 31.9 Å². The van der Waals surface area contributed by atoms with Gasteiger partial charge in [0.05, 0.1) is 18.8 Å². The lowest BCUT2D eigenvalue weighted by atomic mass is 10.0. The predicted octanol–water partition coefficient (Wildman–Crippen LogP) is 3.58. The van der Waals surface area contributed by atoms with Gasteiger partial charge in [0.2, 0.25) is 0 Å². The summed E-state index contributed by atoms with van der Waals surface area (Å²) in [5.74, 6) is -0.831. The van der Waals surface area contributed by atoms with E-state index in [1.807, 2.05) is 47.5 Å². The Bertz CT molecular complexity index is 1150. The van der Waals surface area contributed by atoms with Gasteiger partial charge in [0, 0.05) is 43.6 Å². The smallest absolute Gasteiger partial charge is 0.309 e. The van der Waals surface area contributed by atoms with Crippen molar-refractivity contribution in [1.29, 1.82) is 0 Å². The topological polar surface area (TPSA) is 73.9 Å². The number of hydrogen-bond acceptors (Lipinski definition) is 6. The maximum absolute atomic E-state index is 14.3. The second kappa shape index (κ2) is 12.0. The third-order valence-electron chi connectivity index (χ3n) is 6.39. The molecule has 2 heterocycles. The fourth-order valence-corrected chi connectivity index (χ4v) is 5.47. The molecule has 1 aliphatic heterocycles. The first-order chi connectivity index (χ1) is 17.5. The molecule has 190 valence electrons. The molecule has 4 rings (SSSR count). The fourth-order valence-electron chi connectivity index (χ4n) is 4.51. The average Bonchev–Trinajstić information content (AvgIpc) is 3.43. The van der Waals surface area contributed by atoms with Crippen molar-refractivity contribution in [2.45, 2.75) is 25.6 Å². The number of ether oxygens (including phenoxy) is 1. The molecule has 2 unspecified atom stereocenters. The lowest BCUT2D eigenvalue weighted by Crippen LogP contribution is -2.53. The number of benzene rings is 2. The molecule has 1 fully saturated rings. The number of anilines is 1. The van der Waals surface area contributed by atoms with Gasteiger partial charge in [-0.05, 0) is 48.2 Å². The standard InChI is InChI=1S/C27H31FN4O3S/c1-19(30-27(34)26(33)29-18-20-9-11-21(35-2)12-10-20)25(24-8-5-17-36-24)32-15-13-31(14-16-32)23-7-4-3-6-22(23)28/h3-12,17,19,25H,13-16,18H2,1-2H3,(H,29,33)(H,30,34). The molecule has 2 aromatic carbocycles. The summed E-state index contributed by atoms with van der Waals surface area (Å²) < 4.78 is 19.4. The molecule has 0 radical (unpaired) electrons. The van der Waals surface area contributed by atoms with E-state index in [1.54, 1.807) is 42.7 Å². The number of methoxy groups -OCH3 is 1. The second-order valence-corrected chi connectivity index (χ2v) is 9.71. The Kier molecular flexibility index (Phi) is 8.56. The van der Waals surface area contributed by atoms with Crippen LogP contribution in [0, 0.1) is 5.82 Å². The first-order valence-corrected chi connectivity index (χ1v) is 12.8. The Hall–Kier alpha value is -3.43. The number of halogens is 1. The van der Waals surface area contributed by atoms with E-state index in [2.05, 4.69) is 15.5 Å². The zero-order chi connectivity index (χ0) is 25.5. The predicted molar refractivity (Wildman–Crippen MR) is 140 cm³/mol. The summed E-state index contributed by atoms with van der Waals surface area (Å²) in [7, 11) is 1.59. The number of piperazine rings is 1. The summed E-state index contributed by atoms with van der Waals surface area (Å²) in [5, 5.41) is 7.58. The van der Waals surface area contributed by atoms with Crippen molar-refractivity contribution >= 4 is 28.8 Å². The molecule has 2 amide bonds. The summed E-state index contributed by atoms with van der Waals surface area (Å²) in [5.41, 5.74) is 1.48. The third kappa shape index (κ3) is 6.22. The number of rotatable bonds is 8. The van der Waals surface area contributed by atoms with E-state index in [4.69, 9.17) is 4.74 Å². The van der Waals surface area contributed by atoms with Gasteiger partial charge in [0.15, 0.2) is 0 Å². The lowest BCUT2D eigenvalue weighted by Gasteiger charge is -2.42. The lowest BCUT2D eigenvalue weighted by molar-refractivity contribution is -0.140. The minimum absolute atomic E-state index is 0.0916. The van der Waals surface area contributed by atoms with E-state index >= 15 is 0 Å². The molecule has 0 aliphatic carbocycles. The average molecular weight is 511 g/mol. The first kappa shape index (κ1) is 25.7. The number of para-hydroxylation sites is 1. The number of nitrogens with zero attached hydrogens (tertiary/aromatic N) is 2. The Morgan fingerprint density at radius 3 is 2.36 bits per heavy atom. The number of carbonyl (C=O) groups is 2. The van der Waals surface area contributed by atoms with Gasteiger partial charge in [0.1, 0.15) is 11.6 Å². The van der Waals surface area contributed by atoms with Crippen LogP contribution in [0.25, 0.3) is 0 Å². The van der Waals surface area contributed by atoms with Gasteiger partial charge in [0.25, 0.3) is 0 Å². The summed E-state index contributed by atoms with van der Waals surface area (Å²) >= 11 is 1.62. The highest BCUT2D eigenvalue weighted by Gasteiger charge is 2.32. The molecule has 2 atom stereocenters. The van der Waals surface area contributed by atoms with Gasteiger partial charge < -0.3 is 20.3 Å². The van der Waals surface area contributed by atoms with Gasteiger partial charge in [-0.3, -0.25) is 14.5 Å². The Morgan fingerprint density at radius 1 is 1.00 bits per heavy atom. The maximum atomic E-state index is 14.3. The van der Waals surface area contributed by atoms with Crippen LogP contribution in [0.2, 0.25) is 0 Å². The molecule has 9 heteroatoms. The first-order valence-electron chi connectivity index (χ1n) is 11.9. The van der Waals surface area contributed by atoms with Crippen molar-refractivity contribution in [3.63, 3.8) is 0 Å². The van der Waals surface area contributed by atoms with E-state index in [1.165, 1.54) is 6.07 Å². The minimum atomic E-state index is -0.674. The molecule has 1 aliphatic rings. The number of amides is 2. The second-order valence-electron chi connectivity index (χ2n) is 8.73. The SMILES string of the molecule is COc1ccc(CNC(=O)C(=O)NC(C)C(c2cccs2)N2CCN(c3ccccc3F)CC2)cc1. The van der Waals surface area contributed by atoms with E-state index in [-0.39, 0.29) is 24.4 Å². The van der Waals surface area contributed by atoms with Crippen LogP contribution in [-0.2, 0) is 16.1 Å². The van der Waals surface area contributed by atoms with Gasteiger partial charge in [-0.15, -0.1) is 11.3 Å². The molecule has 2 N–H and O–H groups in total. The quantitative estimate of drug-likeness (QED) is 0.453. The highest BCUT2D eigenvalue weighted by molar-refractivity contribution is 7.10. The van der Waals surface area contributed by atoms with Crippen molar-refractivity contribution in [3.05, 3.63) is 82.3 Å². The summed E-state index contributed by atoms with van der Waals surface area (Å²) in [6.45, 7) is 4.93. The van der Waals surface area contributed by atoms with Crippen LogP contribution in [0.15, 0.2) is 66.0 Å². The van der Waals surface area contributed by atoms with Crippen molar-refractivity contribution in [2.75, 3.05) is 38.2 Å². The minimum Gasteiger partial charge on any atom is -0.497 e. The highest BCUT2D eigenvalue weighted by Crippen LogP contribution is 2.30. The molecule has 0 bridgehead atoms. The summed E-state index contributed by atoms with van der Waals surface area (Å²) in [4.78, 5) is 30.6. The summed E-state index contributed by atoms with van der Waals surface area (Å²) in [6.07, 6.45) is 0. The van der Waals surface area contributed by atoms with Gasteiger partial charge >= 0.3 is 11.8 Å². The molecule has 3 aromatic rings. The van der Waals surface area contributed by atoms with Crippen LogP contribution >= 0.6 is 11.3 Å². The van der Waals surface area contributed by atoms with E-state index < -0.39 is 11.8 Å². The van der Waals surface area contributed by atoms with E-state index in [0.717, 1.165) is 16.2 Å². The van der Waals surface area contributed by atoms with Crippen LogP contribution in [0.1, 0.15) is 23.4 Å². The van der Waals surface area contributed by atoms with Crippen molar-refractivity contribution in [2.24, 2.45) is 0 Å². The number of nitrogens with one attached hydrogen (secondary N) is 2. The molecule has 1 saturated heterocycles. The van der Waals surface area contributed by atoms with Gasteiger partial charge in [-0.2, -0.15) is 0 Å². The Morgan fingerprint density at radius 2 is 1.72 bits per heavy atom. The number of hydrogen-bond donors (Lipinski definition) is 2. The number of thiophene rings is 1. The molecular formula is C27H31FN4O3S. The summed E-state index contributed by atoms with van der Waals surface area (Å²) in [6, 6.07) is 17.7. The zero-order valence-electron chi connectivity index (χ0n) is 20.4. The van der Waals surface area contributed by atoms with Crippen LogP contribution < -0.4 is 20.3 Å². The molecular weight excluding hydrogens is 479 g/mol. The monoisotopic (exact) mass is 510 g/mol. The normalized spacial score (nSPS) is 15.7. The molecule has 36 heavy (non-hydrogen) atoms. The maximum Gasteiger partial charge on any atom is 0.309 e. The third-order valence-corrected chi connectivity index (χ3v) is 7.33. The number of carbonyl (C=O) groups excluding carboxylic acids is 2. The van der Waals surface area contributed by atoms with Crippen molar-refractivity contribution < 1.29 is 18.7 Å². The van der Waals surface area contributed by atoms with Crippen LogP contribution in [0.4, 0.5) is 10.1 Å². The zero-order valence-corrected chi connectivity index (χ0v) is 21.3. The van der Waals surface area contributed by atoms with Crippen molar-refractivity contribution in [3.8, 4) is 5.75 Å². The van der Waals surface area contributed by atoms with Crippen molar-refractivity contribution in [1.82, 2.24) is 15.5 Å². The van der Waals surface area contributed by atoms with E-state index in [9.17, 15) is 14.0 Å². The van der Waals surface area contributed by atoms with Crippen LogP contribution in [0.5, 0.6) is 5.75 Å². The molecule has 0 spiro atoms. The fraction of sp³-hybridized carbons (Fsp3) is 0.333. The Balaban J connectivity index is 1.36. The van der Waals surface area contributed by atoms with Gasteiger partial charge in [-0.1, -0.05) is 30.3 Å². The highest BCUT2D eigenvalue weighted by atomic mass is 32.1. The molecule has 0 saturated carbocycles. The van der Waals surface area contributed by atoms with Crippen LogP contribution in [-0.4, -0.2) is 56.0 Å². The van der Waals surface area contributed by atoms with Crippen LogP contribution in [0.3, 0.4) is 0 Å². The Labute approximate surface area is 214 Å². The largest absolute Gasteiger partial charge is 0.497 e.